The van der Waals surface area contributed by atoms with E-state index in [1.807, 2.05) is 12.1 Å². The second kappa shape index (κ2) is 9.54. The van der Waals surface area contributed by atoms with Crippen LogP contribution < -0.4 is 0 Å². The summed E-state index contributed by atoms with van der Waals surface area (Å²) in [6, 6.07) is 8.22. The number of unbranched alkanes of at least 4 members (excludes halogenated alkanes) is 5. The average molecular weight is 466 g/mol. The molecular formula is C28H35NO3S. The molecule has 2 aliphatic rings. The average Bonchev–Trinajstić information content (AvgIpc) is 3.32. The van der Waals surface area contributed by atoms with Gasteiger partial charge in [0.2, 0.25) is 0 Å². The van der Waals surface area contributed by atoms with Crippen LogP contribution in [-0.2, 0) is 20.9 Å². The van der Waals surface area contributed by atoms with Gasteiger partial charge in [0.25, 0.3) is 0 Å². The molecule has 3 heterocycles. The SMILES string of the molecule is CCCCCCCCn1c(C)c(C2=C(C3(C)C=C(C)SC3C)C(=O)OC2=O)c2ccccc21. The van der Waals surface area contributed by atoms with E-state index in [1.54, 1.807) is 11.8 Å². The van der Waals surface area contributed by atoms with E-state index < -0.39 is 17.4 Å². The Bertz CT molecular complexity index is 1160. The number of para-hydroxylation sites is 1. The lowest BCUT2D eigenvalue weighted by Crippen LogP contribution is -2.28. The number of carbonyl (C=O) groups is 2. The summed E-state index contributed by atoms with van der Waals surface area (Å²) in [4.78, 5) is 27.3. The van der Waals surface area contributed by atoms with Crippen LogP contribution in [0.3, 0.4) is 0 Å². The van der Waals surface area contributed by atoms with Crippen LogP contribution in [0.25, 0.3) is 16.5 Å². The highest BCUT2D eigenvalue weighted by Crippen LogP contribution is 2.53. The maximum atomic E-state index is 13.1. The van der Waals surface area contributed by atoms with E-state index in [2.05, 4.69) is 57.4 Å². The van der Waals surface area contributed by atoms with Crippen molar-refractivity contribution in [1.82, 2.24) is 4.57 Å². The Morgan fingerprint density at radius 1 is 1.03 bits per heavy atom. The van der Waals surface area contributed by atoms with Gasteiger partial charge < -0.3 is 9.30 Å². The number of aryl methyl sites for hydroxylation is 1. The van der Waals surface area contributed by atoms with Crippen LogP contribution in [0, 0.1) is 12.3 Å². The molecule has 0 fully saturated rings. The Morgan fingerprint density at radius 2 is 1.73 bits per heavy atom. The van der Waals surface area contributed by atoms with Crippen LogP contribution in [0.2, 0.25) is 0 Å². The van der Waals surface area contributed by atoms with Crippen molar-refractivity contribution in [2.24, 2.45) is 5.41 Å². The molecular weight excluding hydrogens is 430 g/mol. The molecule has 0 amide bonds. The minimum atomic E-state index is -0.539. The molecule has 5 heteroatoms. The zero-order valence-electron chi connectivity index (χ0n) is 20.5. The summed E-state index contributed by atoms with van der Waals surface area (Å²) in [7, 11) is 0. The number of nitrogens with zero attached hydrogens (tertiary/aromatic N) is 1. The summed E-state index contributed by atoms with van der Waals surface area (Å²) >= 11 is 1.75. The molecule has 0 spiro atoms. The number of fused-ring (bicyclic) bond motifs is 1. The van der Waals surface area contributed by atoms with Gasteiger partial charge in [0.05, 0.1) is 11.1 Å². The number of hydrogen-bond donors (Lipinski definition) is 0. The van der Waals surface area contributed by atoms with Crippen LogP contribution in [0.1, 0.15) is 77.5 Å². The summed E-state index contributed by atoms with van der Waals surface area (Å²) < 4.78 is 7.57. The minimum Gasteiger partial charge on any atom is -0.386 e. The fraction of sp³-hybridized carbons (Fsp3) is 0.500. The molecule has 0 radical (unpaired) electrons. The van der Waals surface area contributed by atoms with Crippen molar-refractivity contribution < 1.29 is 14.3 Å². The lowest BCUT2D eigenvalue weighted by Gasteiger charge is -2.27. The highest BCUT2D eigenvalue weighted by Gasteiger charge is 2.49. The van der Waals surface area contributed by atoms with Crippen LogP contribution in [0.15, 0.2) is 40.8 Å². The Balaban J connectivity index is 1.80. The second-order valence-electron chi connectivity index (χ2n) is 9.62. The van der Waals surface area contributed by atoms with Gasteiger partial charge in [-0.15, -0.1) is 11.8 Å². The zero-order valence-corrected chi connectivity index (χ0v) is 21.3. The van der Waals surface area contributed by atoms with Crippen molar-refractivity contribution in [3.8, 4) is 0 Å². The van der Waals surface area contributed by atoms with Gasteiger partial charge >= 0.3 is 11.9 Å². The maximum absolute atomic E-state index is 13.1. The number of cyclic esters (lactones) is 2. The number of carbonyl (C=O) groups excluding carboxylic acids is 2. The smallest absolute Gasteiger partial charge is 0.347 e. The third kappa shape index (κ3) is 4.21. The number of esters is 2. The van der Waals surface area contributed by atoms with E-state index in [0.717, 1.165) is 35.1 Å². The molecule has 4 nitrogen and oxygen atoms in total. The lowest BCUT2D eigenvalue weighted by molar-refractivity contribution is -0.150. The minimum absolute atomic E-state index is 0.151. The van der Waals surface area contributed by atoms with Gasteiger partial charge in [-0.05, 0) is 31.2 Å². The predicted molar refractivity (Wildman–Crippen MR) is 137 cm³/mol. The van der Waals surface area contributed by atoms with Gasteiger partial charge in [-0.2, -0.15) is 0 Å². The highest BCUT2D eigenvalue weighted by atomic mass is 32.2. The van der Waals surface area contributed by atoms with Gasteiger partial charge in [-0.1, -0.05) is 77.2 Å². The van der Waals surface area contributed by atoms with Crippen molar-refractivity contribution in [2.75, 3.05) is 0 Å². The molecule has 33 heavy (non-hydrogen) atoms. The lowest BCUT2D eigenvalue weighted by atomic mass is 9.76. The zero-order chi connectivity index (χ0) is 23.8. The highest BCUT2D eigenvalue weighted by molar-refractivity contribution is 8.03. The molecule has 4 rings (SSSR count). The summed E-state index contributed by atoms with van der Waals surface area (Å²) in [5.74, 6) is -1.01. The number of thioether (sulfide) groups is 1. The van der Waals surface area contributed by atoms with Gasteiger partial charge in [0.15, 0.2) is 0 Å². The maximum Gasteiger partial charge on any atom is 0.347 e. The van der Waals surface area contributed by atoms with Crippen molar-refractivity contribution in [3.05, 3.63) is 52.1 Å². The van der Waals surface area contributed by atoms with E-state index in [0.29, 0.717) is 11.1 Å². The van der Waals surface area contributed by atoms with E-state index >= 15 is 0 Å². The molecule has 1 aromatic heterocycles. The number of benzene rings is 1. The molecule has 176 valence electrons. The van der Waals surface area contributed by atoms with Crippen molar-refractivity contribution in [2.45, 2.75) is 84.9 Å². The van der Waals surface area contributed by atoms with E-state index in [9.17, 15) is 9.59 Å². The number of hydrogen-bond acceptors (Lipinski definition) is 4. The van der Waals surface area contributed by atoms with Gasteiger partial charge in [0.1, 0.15) is 0 Å². The second-order valence-corrected chi connectivity index (χ2v) is 11.2. The van der Waals surface area contributed by atoms with Crippen molar-refractivity contribution in [3.63, 3.8) is 0 Å². The summed E-state index contributed by atoms with van der Waals surface area (Å²) in [5, 5.41) is 1.17. The van der Waals surface area contributed by atoms with E-state index in [1.165, 1.54) is 37.0 Å². The summed E-state index contributed by atoms with van der Waals surface area (Å²) in [5.41, 5.74) is 3.43. The van der Waals surface area contributed by atoms with Gasteiger partial charge in [-0.3, -0.25) is 0 Å². The Labute approximate surface area is 201 Å². The first-order valence-electron chi connectivity index (χ1n) is 12.2. The standard InChI is InChI=1S/C28H35NO3S/c1-6-7-8-9-10-13-16-29-19(3)23(21-14-11-12-15-22(21)29)24-25(27(31)32-26(24)30)28(5)17-18(2)33-20(28)4/h11-12,14-15,17,20H,6-10,13,16H2,1-5H3. The monoisotopic (exact) mass is 465 g/mol. The first kappa shape index (κ1) is 23.9. The topological polar surface area (TPSA) is 48.3 Å². The van der Waals surface area contributed by atoms with Gasteiger partial charge in [0, 0.05) is 39.4 Å². The number of allylic oxidation sites excluding steroid dienone is 2. The molecule has 0 saturated heterocycles. The molecule has 2 aliphatic heterocycles. The predicted octanol–water partition coefficient (Wildman–Crippen LogP) is 7.19. The number of aromatic nitrogens is 1. The molecule has 2 unspecified atom stereocenters. The Hall–Kier alpha value is -2.27. The van der Waals surface area contributed by atoms with Crippen LogP contribution in [0.5, 0.6) is 0 Å². The van der Waals surface area contributed by atoms with E-state index in [-0.39, 0.29) is 5.25 Å². The first-order chi connectivity index (χ1) is 15.8. The summed E-state index contributed by atoms with van der Waals surface area (Å²) in [6.07, 6.45) is 9.53. The first-order valence-corrected chi connectivity index (χ1v) is 13.1. The normalized spacial score (nSPS) is 23.1. The number of ether oxygens (including phenoxy) is 1. The Kier molecular flexibility index (Phi) is 6.90. The number of rotatable bonds is 9. The largest absolute Gasteiger partial charge is 0.386 e. The molecule has 0 aliphatic carbocycles. The fourth-order valence-electron chi connectivity index (χ4n) is 5.44. The molecule has 2 aromatic rings. The van der Waals surface area contributed by atoms with Crippen LogP contribution >= 0.6 is 11.8 Å². The van der Waals surface area contributed by atoms with E-state index in [4.69, 9.17) is 4.74 Å². The van der Waals surface area contributed by atoms with Crippen LogP contribution in [-0.4, -0.2) is 21.8 Å². The van der Waals surface area contributed by atoms with Crippen LogP contribution in [0.4, 0.5) is 0 Å². The molecule has 0 N–H and O–H groups in total. The molecule has 2 atom stereocenters. The molecule has 1 aromatic carbocycles. The summed E-state index contributed by atoms with van der Waals surface area (Å²) in [6.45, 7) is 11.5. The quantitative estimate of drug-likeness (QED) is 0.223. The van der Waals surface area contributed by atoms with Gasteiger partial charge in [-0.25, -0.2) is 9.59 Å². The molecule has 0 bridgehead atoms. The third-order valence-electron chi connectivity index (χ3n) is 7.31. The van der Waals surface area contributed by atoms with Crippen molar-refractivity contribution >= 4 is 40.2 Å². The fourth-order valence-corrected chi connectivity index (χ4v) is 6.74. The Morgan fingerprint density at radius 3 is 2.42 bits per heavy atom. The molecule has 0 saturated carbocycles. The third-order valence-corrected chi connectivity index (χ3v) is 8.64. The van der Waals surface area contributed by atoms with Crippen molar-refractivity contribution in [1.29, 1.82) is 0 Å².